The third-order valence-corrected chi connectivity index (χ3v) is 3.61. The molecule has 1 saturated carbocycles. The first-order valence-electron chi connectivity index (χ1n) is 6.75. The van der Waals surface area contributed by atoms with Gasteiger partial charge in [0.15, 0.2) is 0 Å². The van der Waals surface area contributed by atoms with Gasteiger partial charge in [0.25, 0.3) is 0 Å². The Hall–Kier alpha value is -1.76. The number of alkyl halides is 3. The summed E-state index contributed by atoms with van der Waals surface area (Å²) in [6, 6.07) is 4.21. The Balaban J connectivity index is 1.91. The molecule has 0 aromatic heterocycles. The highest BCUT2D eigenvalue weighted by Gasteiger charge is 2.31. The topological polar surface area (TPSA) is 64.3 Å². The molecule has 2 unspecified atom stereocenters. The molecule has 0 radical (unpaired) electrons. The first-order valence-corrected chi connectivity index (χ1v) is 6.75. The first kappa shape index (κ1) is 15.6. The van der Waals surface area contributed by atoms with E-state index < -0.39 is 17.8 Å². The summed E-state index contributed by atoms with van der Waals surface area (Å²) in [5, 5.41) is 2.42. The van der Waals surface area contributed by atoms with Gasteiger partial charge < -0.3 is 10.5 Å². The Kier molecular flexibility index (Phi) is 4.72. The summed E-state index contributed by atoms with van der Waals surface area (Å²) < 4.78 is 42.5. The molecule has 0 saturated heterocycles. The molecule has 1 fully saturated rings. The fourth-order valence-corrected chi connectivity index (χ4v) is 2.45. The molecular formula is C14H17F3N2O2. The van der Waals surface area contributed by atoms with Crippen molar-refractivity contribution >= 4 is 11.8 Å². The van der Waals surface area contributed by atoms with Crippen molar-refractivity contribution in [3.8, 4) is 0 Å². The van der Waals surface area contributed by atoms with Crippen molar-refractivity contribution in [2.24, 2.45) is 11.7 Å². The van der Waals surface area contributed by atoms with Crippen LogP contribution in [0.25, 0.3) is 0 Å². The van der Waals surface area contributed by atoms with Crippen LogP contribution in [-0.2, 0) is 10.9 Å². The van der Waals surface area contributed by atoms with E-state index in [1.165, 1.54) is 12.1 Å². The van der Waals surface area contributed by atoms with E-state index >= 15 is 0 Å². The van der Waals surface area contributed by atoms with Crippen LogP contribution in [0, 0.1) is 5.92 Å². The molecule has 2 rings (SSSR count). The second kappa shape index (κ2) is 6.34. The van der Waals surface area contributed by atoms with Crippen LogP contribution in [-0.4, -0.2) is 18.7 Å². The van der Waals surface area contributed by atoms with Gasteiger partial charge in [-0.2, -0.15) is 13.2 Å². The molecule has 0 heterocycles. The van der Waals surface area contributed by atoms with E-state index in [4.69, 9.17) is 10.5 Å². The molecule has 1 aliphatic rings. The summed E-state index contributed by atoms with van der Waals surface area (Å²) in [5.41, 5.74) is 5.09. The smallest absolute Gasteiger partial charge is 0.416 e. The highest BCUT2D eigenvalue weighted by Crippen LogP contribution is 2.30. The monoisotopic (exact) mass is 302 g/mol. The minimum absolute atomic E-state index is 0.156. The van der Waals surface area contributed by atoms with Crippen LogP contribution in [0.1, 0.15) is 24.8 Å². The Labute approximate surface area is 120 Å². The number of nitrogens with two attached hydrogens (primary N) is 1. The largest absolute Gasteiger partial charge is 0.446 e. The second-order valence-corrected chi connectivity index (χ2v) is 5.07. The van der Waals surface area contributed by atoms with Crippen LogP contribution in [0.2, 0.25) is 0 Å². The summed E-state index contributed by atoms with van der Waals surface area (Å²) in [6.45, 7) is 0.457. The van der Waals surface area contributed by atoms with Crippen LogP contribution < -0.4 is 11.1 Å². The lowest BCUT2D eigenvalue weighted by atomic mass is 10.1. The maximum absolute atomic E-state index is 12.4. The summed E-state index contributed by atoms with van der Waals surface area (Å²) in [4.78, 5) is 11.7. The van der Waals surface area contributed by atoms with Crippen molar-refractivity contribution in [1.82, 2.24) is 0 Å². The molecule has 116 valence electrons. The van der Waals surface area contributed by atoms with E-state index in [-0.39, 0.29) is 17.7 Å². The van der Waals surface area contributed by atoms with E-state index in [1.807, 2.05) is 0 Å². The molecule has 7 heteroatoms. The van der Waals surface area contributed by atoms with Crippen molar-refractivity contribution in [2.45, 2.75) is 31.5 Å². The molecule has 4 nitrogen and oxygen atoms in total. The van der Waals surface area contributed by atoms with E-state index in [2.05, 4.69) is 5.32 Å². The predicted octanol–water partition coefficient (Wildman–Crippen LogP) is 3.38. The third kappa shape index (κ3) is 4.10. The van der Waals surface area contributed by atoms with Gasteiger partial charge in [0.1, 0.15) is 6.10 Å². The van der Waals surface area contributed by atoms with Gasteiger partial charge in [-0.25, -0.2) is 4.79 Å². The normalized spacial score (nSPS) is 22.1. The van der Waals surface area contributed by atoms with Crippen LogP contribution in [0.3, 0.4) is 0 Å². The summed E-state index contributed by atoms with van der Waals surface area (Å²) in [5.74, 6) is 0.156. The fraction of sp³-hybridized carbons (Fsp3) is 0.500. The Morgan fingerprint density at radius 1 is 1.29 bits per heavy atom. The fourth-order valence-electron chi connectivity index (χ4n) is 2.45. The zero-order chi connectivity index (χ0) is 15.5. The summed E-state index contributed by atoms with van der Waals surface area (Å²) in [6.07, 6.45) is -2.63. The van der Waals surface area contributed by atoms with Gasteiger partial charge >= 0.3 is 12.3 Å². The van der Waals surface area contributed by atoms with Crippen molar-refractivity contribution in [2.75, 3.05) is 11.9 Å². The molecule has 3 N–H and O–H groups in total. The van der Waals surface area contributed by atoms with Gasteiger partial charge in [-0.1, -0.05) is 0 Å². The van der Waals surface area contributed by atoms with Crippen molar-refractivity contribution in [3.05, 3.63) is 29.8 Å². The lowest BCUT2D eigenvalue weighted by Gasteiger charge is -2.18. The number of hydrogen-bond donors (Lipinski definition) is 2. The van der Waals surface area contributed by atoms with E-state index in [0.29, 0.717) is 6.54 Å². The molecule has 1 amide bonds. The second-order valence-electron chi connectivity index (χ2n) is 5.07. The molecule has 0 spiro atoms. The van der Waals surface area contributed by atoms with Crippen molar-refractivity contribution in [3.63, 3.8) is 0 Å². The van der Waals surface area contributed by atoms with Crippen LogP contribution >= 0.6 is 0 Å². The zero-order valence-electron chi connectivity index (χ0n) is 11.3. The van der Waals surface area contributed by atoms with Gasteiger partial charge in [0.2, 0.25) is 0 Å². The number of nitrogens with one attached hydrogen (secondary N) is 1. The maximum atomic E-state index is 12.4. The standard InChI is InChI=1S/C14H17F3N2O2/c15-14(16,17)10-4-6-11(7-5-10)19-13(20)21-12-3-1-2-9(12)8-18/h4-7,9,12H,1-3,8,18H2,(H,19,20). The molecule has 2 atom stereocenters. The first-order chi connectivity index (χ1) is 9.90. The number of benzene rings is 1. The third-order valence-electron chi connectivity index (χ3n) is 3.61. The van der Waals surface area contributed by atoms with Gasteiger partial charge in [-0.3, -0.25) is 5.32 Å². The number of carbonyl (C=O) groups excluding carboxylic acids is 1. The van der Waals surface area contributed by atoms with Gasteiger partial charge in [0, 0.05) is 11.6 Å². The highest BCUT2D eigenvalue weighted by molar-refractivity contribution is 5.84. The number of ether oxygens (including phenoxy) is 1. The summed E-state index contributed by atoms with van der Waals surface area (Å²) in [7, 11) is 0. The SMILES string of the molecule is NCC1CCCC1OC(=O)Nc1ccc(C(F)(F)F)cc1. The maximum Gasteiger partial charge on any atom is 0.416 e. The minimum Gasteiger partial charge on any atom is -0.446 e. The van der Waals surface area contributed by atoms with Crippen LogP contribution in [0.4, 0.5) is 23.7 Å². The Bertz CT molecular complexity index is 488. The Morgan fingerprint density at radius 3 is 2.52 bits per heavy atom. The van der Waals surface area contributed by atoms with Crippen LogP contribution in [0.5, 0.6) is 0 Å². The molecule has 1 aromatic rings. The molecule has 0 aliphatic heterocycles. The number of halogens is 3. The molecular weight excluding hydrogens is 285 g/mol. The number of hydrogen-bond acceptors (Lipinski definition) is 3. The average Bonchev–Trinajstić information content (AvgIpc) is 2.85. The number of anilines is 1. The molecule has 21 heavy (non-hydrogen) atoms. The number of rotatable bonds is 3. The molecule has 1 aromatic carbocycles. The predicted molar refractivity (Wildman–Crippen MR) is 71.7 cm³/mol. The lowest BCUT2D eigenvalue weighted by Crippen LogP contribution is -2.29. The molecule has 1 aliphatic carbocycles. The van der Waals surface area contributed by atoms with Gasteiger partial charge in [-0.05, 0) is 50.1 Å². The Morgan fingerprint density at radius 2 is 1.95 bits per heavy atom. The highest BCUT2D eigenvalue weighted by atomic mass is 19.4. The number of carbonyl (C=O) groups is 1. The van der Waals surface area contributed by atoms with Crippen molar-refractivity contribution < 1.29 is 22.7 Å². The quantitative estimate of drug-likeness (QED) is 0.899. The van der Waals surface area contributed by atoms with E-state index in [0.717, 1.165) is 31.4 Å². The average molecular weight is 302 g/mol. The van der Waals surface area contributed by atoms with E-state index in [9.17, 15) is 18.0 Å². The van der Waals surface area contributed by atoms with Crippen molar-refractivity contribution in [1.29, 1.82) is 0 Å². The van der Waals surface area contributed by atoms with Crippen LogP contribution in [0.15, 0.2) is 24.3 Å². The van der Waals surface area contributed by atoms with Gasteiger partial charge in [-0.15, -0.1) is 0 Å². The molecule has 0 bridgehead atoms. The minimum atomic E-state index is -4.39. The number of amides is 1. The van der Waals surface area contributed by atoms with E-state index in [1.54, 1.807) is 0 Å². The van der Waals surface area contributed by atoms with Gasteiger partial charge in [0.05, 0.1) is 5.56 Å². The lowest BCUT2D eigenvalue weighted by molar-refractivity contribution is -0.137. The zero-order valence-corrected chi connectivity index (χ0v) is 11.3. The summed E-state index contributed by atoms with van der Waals surface area (Å²) >= 11 is 0.